The molecule has 2 heterocycles. The van der Waals surface area contributed by atoms with Crippen LogP contribution in [0.5, 0.6) is 0 Å². The molecule has 0 atom stereocenters. The van der Waals surface area contributed by atoms with Gasteiger partial charge in [0.05, 0.1) is 12.3 Å². The quantitative estimate of drug-likeness (QED) is 0.912. The predicted octanol–water partition coefficient (Wildman–Crippen LogP) is 3.49. The topological polar surface area (TPSA) is 73.3 Å². The van der Waals surface area contributed by atoms with Gasteiger partial charge in [0.2, 0.25) is 0 Å². The van der Waals surface area contributed by atoms with Crippen molar-refractivity contribution in [2.75, 3.05) is 19.0 Å². The molecule has 1 amide bonds. The fourth-order valence-electron chi connectivity index (χ4n) is 1.87. The van der Waals surface area contributed by atoms with Crippen molar-refractivity contribution >= 4 is 22.4 Å². The van der Waals surface area contributed by atoms with Gasteiger partial charge in [-0.2, -0.15) is 0 Å². The molecule has 0 spiro atoms. The summed E-state index contributed by atoms with van der Waals surface area (Å²) in [4.78, 5) is 20.5. The van der Waals surface area contributed by atoms with Gasteiger partial charge in [-0.3, -0.25) is 10.3 Å². The van der Waals surface area contributed by atoms with E-state index >= 15 is 0 Å². The second-order valence-electron chi connectivity index (χ2n) is 5.38. The Labute approximate surface area is 133 Å². The molecule has 7 heteroatoms. The number of amides is 1. The number of rotatable bonds is 5. The number of nitrogens with zero attached hydrogens (tertiary/aromatic N) is 2. The highest BCUT2D eigenvalue weighted by atomic mass is 32.1. The van der Waals surface area contributed by atoms with Crippen molar-refractivity contribution in [1.29, 1.82) is 0 Å². The third-order valence-electron chi connectivity index (χ3n) is 2.78. The van der Waals surface area contributed by atoms with Crippen LogP contribution in [0.1, 0.15) is 19.5 Å². The second-order valence-corrected chi connectivity index (χ2v) is 6.38. The SMILES string of the molecule is COCC(C)(C)OC(=O)Nc1sc(-c2cccnc2)nc1C. The zero-order valence-electron chi connectivity index (χ0n) is 13.0. The number of ether oxygens (including phenoxy) is 2. The van der Waals surface area contributed by atoms with Gasteiger partial charge in [0, 0.05) is 25.1 Å². The molecule has 22 heavy (non-hydrogen) atoms. The number of thiazole rings is 1. The van der Waals surface area contributed by atoms with Crippen molar-refractivity contribution < 1.29 is 14.3 Å². The maximum absolute atomic E-state index is 12.0. The van der Waals surface area contributed by atoms with Crippen LogP contribution >= 0.6 is 11.3 Å². The van der Waals surface area contributed by atoms with E-state index in [4.69, 9.17) is 9.47 Å². The van der Waals surface area contributed by atoms with E-state index in [2.05, 4.69) is 15.3 Å². The Hall–Kier alpha value is -1.99. The number of aromatic nitrogens is 2. The molecule has 2 aromatic rings. The first-order chi connectivity index (χ1) is 10.4. The Balaban J connectivity index is 2.08. The molecular formula is C15H19N3O3S. The van der Waals surface area contributed by atoms with Gasteiger partial charge in [0.15, 0.2) is 0 Å². The molecule has 2 aromatic heterocycles. The standard InChI is InChI=1S/C15H19N3O3S/c1-10-12(18-14(19)21-15(2,3)9-20-4)22-13(17-10)11-6-5-7-16-8-11/h5-8H,9H2,1-4H3,(H,18,19). The fourth-order valence-corrected chi connectivity index (χ4v) is 2.81. The molecule has 118 valence electrons. The lowest BCUT2D eigenvalue weighted by molar-refractivity contribution is -0.0124. The normalized spacial score (nSPS) is 11.3. The number of hydrogen-bond acceptors (Lipinski definition) is 6. The van der Waals surface area contributed by atoms with Crippen molar-refractivity contribution in [3.05, 3.63) is 30.2 Å². The average molecular weight is 321 g/mol. The molecule has 0 saturated heterocycles. The number of hydrogen-bond donors (Lipinski definition) is 1. The Bertz CT molecular complexity index is 641. The fraction of sp³-hybridized carbons (Fsp3) is 0.400. The maximum atomic E-state index is 12.0. The van der Waals surface area contributed by atoms with Crippen LogP contribution in [0.4, 0.5) is 9.80 Å². The number of carbonyl (C=O) groups excluding carboxylic acids is 1. The molecule has 0 fully saturated rings. The van der Waals surface area contributed by atoms with Gasteiger partial charge >= 0.3 is 6.09 Å². The summed E-state index contributed by atoms with van der Waals surface area (Å²) in [7, 11) is 1.57. The van der Waals surface area contributed by atoms with Crippen LogP contribution in [0.25, 0.3) is 10.6 Å². The van der Waals surface area contributed by atoms with Crippen LogP contribution in [0, 0.1) is 6.92 Å². The molecule has 0 unspecified atom stereocenters. The van der Waals surface area contributed by atoms with Crippen molar-refractivity contribution in [2.24, 2.45) is 0 Å². The van der Waals surface area contributed by atoms with Crippen molar-refractivity contribution in [3.63, 3.8) is 0 Å². The minimum atomic E-state index is -0.691. The number of aryl methyl sites for hydroxylation is 1. The van der Waals surface area contributed by atoms with Gasteiger partial charge in [0.25, 0.3) is 0 Å². The first-order valence-electron chi connectivity index (χ1n) is 6.78. The van der Waals surface area contributed by atoms with E-state index in [0.29, 0.717) is 11.6 Å². The summed E-state index contributed by atoms with van der Waals surface area (Å²) in [5, 5.41) is 4.20. The average Bonchev–Trinajstić information content (AvgIpc) is 2.80. The number of carbonyl (C=O) groups is 1. The largest absolute Gasteiger partial charge is 0.441 e. The second kappa shape index (κ2) is 6.85. The maximum Gasteiger partial charge on any atom is 0.412 e. The van der Waals surface area contributed by atoms with E-state index in [1.807, 2.05) is 19.1 Å². The highest BCUT2D eigenvalue weighted by Crippen LogP contribution is 2.31. The summed E-state index contributed by atoms with van der Waals surface area (Å²) < 4.78 is 10.4. The third kappa shape index (κ3) is 4.25. The molecule has 1 N–H and O–H groups in total. The summed E-state index contributed by atoms with van der Waals surface area (Å²) in [6.07, 6.45) is 2.92. The lowest BCUT2D eigenvalue weighted by atomic mass is 10.1. The molecule has 0 aliphatic carbocycles. The van der Waals surface area contributed by atoms with Gasteiger partial charge < -0.3 is 9.47 Å². The van der Waals surface area contributed by atoms with Crippen LogP contribution in [0.3, 0.4) is 0 Å². The minimum absolute atomic E-state index is 0.322. The van der Waals surface area contributed by atoms with Crippen LogP contribution in [-0.2, 0) is 9.47 Å². The number of nitrogens with one attached hydrogen (secondary N) is 1. The molecule has 2 rings (SSSR count). The first-order valence-corrected chi connectivity index (χ1v) is 7.60. The van der Waals surface area contributed by atoms with E-state index in [-0.39, 0.29) is 0 Å². The Kier molecular flexibility index (Phi) is 5.10. The molecule has 0 aromatic carbocycles. The Morgan fingerprint density at radius 3 is 2.86 bits per heavy atom. The highest BCUT2D eigenvalue weighted by molar-refractivity contribution is 7.19. The number of pyridine rings is 1. The minimum Gasteiger partial charge on any atom is -0.441 e. The zero-order chi connectivity index (χ0) is 16.2. The van der Waals surface area contributed by atoms with Crippen LogP contribution < -0.4 is 5.32 Å². The lowest BCUT2D eigenvalue weighted by Crippen LogP contribution is -2.34. The van der Waals surface area contributed by atoms with E-state index < -0.39 is 11.7 Å². The predicted molar refractivity (Wildman–Crippen MR) is 86.1 cm³/mol. The monoisotopic (exact) mass is 321 g/mol. The summed E-state index contributed by atoms with van der Waals surface area (Å²) in [5.41, 5.74) is 0.964. The van der Waals surface area contributed by atoms with Gasteiger partial charge in [-0.1, -0.05) is 11.3 Å². The van der Waals surface area contributed by atoms with Crippen LogP contribution in [0.15, 0.2) is 24.5 Å². The summed E-state index contributed by atoms with van der Waals surface area (Å²) in [6, 6.07) is 3.77. The number of anilines is 1. The van der Waals surface area contributed by atoms with Gasteiger partial charge in [0.1, 0.15) is 15.6 Å². The van der Waals surface area contributed by atoms with Crippen LogP contribution in [0.2, 0.25) is 0 Å². The van der Waals surface area contributed by atoms with E-state index in [1.165, 1.54) is 11.3 Å². The Morgan fingerprint density at radius 2 is 2.23 bits per heavy atom. The molecule has 0 bridgehead atoms. The molecular weight excluding hydrogens is 302 g/mol. The van der Waals surface area contributed by atoms with Crippen molar-refractivity contribution in [1.82, 2.24) is 9.97 Å². The molecule has 0 radical (unpaired) electrons. The van der Waals surface area contributed by atoms with Gasteiger partial charge in [-0.05, 0) is 32.9 Å². The summed E-state index contributed by atoms with van der Waals surface area (Å²) in [6.45, 7) is 5.74. The van der Waals surface area contributed by atoms with E-state index in [1.54, 1.807) is 33.4 Å². The van der Waals surface area contributed by atoms with E-state index in [9.17, 15) is 4.79 Å². The summed E-state index contributed by atoms with van der Waals surface area (Å²) >= 11 is 1.39. The molecule has 0 aliphatic rings. The third-order valence-corrected chi connectivity index (χ3v) is 3.90. The zero-order valence-corrected chi connectivity index (χ0v) is 13.9. The Morgan fingerprint density at radius 1 is 1.45 bits per heavy atom. The molecule has 6 nitrogen and oxygen atoms in total. The number of methoxy groups -OCH3 is 1. The molecule has 0 saturated carbocycles. The van der Waals surface area contributed by atoms with Crippen molar-refractivity contribution in [2.45, 2.75) is 26.4 Å². The highest BCUT2D eigenvalue weighted by Gasteiger charge is 2.23. The summed E-state index contributed by atoms with van der Waals surface area (Å²) in [5.74, 6) is 0. The van der Waals surface area contributed by atoms with Gasteiger partial charge in [-0.25, -0.2) is 9.78 Å². The van der Waals surface area contributed by atoms with Gasteiger partial charge in [-0.15, -0.1) is 0 Å². The smallest absolute Gasteiger partial charge is 0.412 e. The van der Waals surface area contributed by atoms with E-state index in [0.717, 1.165) is 16.3 Å². The first kappa shape index (κ1) is 16.4. The van der Waals surface area contributed by atoms with Crippen LogP contribution in [-0.4, -0.2) is 35.4 Å². The lowest BCUT2D eigenvalue weighted by Gasteiger charge is -2.23. The molecule has 0 aliphatic heterocycles. The van der Waals surface area contributed by atoms with Crippen molar-refractivity contribution in [3.8, 4) is 10.6 Å².